The summed E-state index contributed by atoms with van der Waals surface area (Å²) >= 11 is 0. The van der Waals surface area contributed by atoms with Crippen LogP contribution in [-0.2, 0) is 13.0 Å². The van der Waals surface area contributed by atoms with Gasteiger partial charge in [0.05, 0.1) is 17.1 Å². The van der Waals surface area contributed by atoms with Crippen LogP contribution >= 0.6 is 0 Å². The fraction of sp³-hybridized carbons (Fsp3) is 0.333. The maximum atomic E-state index is 14.6. The summed E-state index contributed by atoms with van der Waals surface area (Å²) in [4.78, 5) is 29.5. The van der Waals surface area contributed by atoms with Crippen LogP contribution in [0, 0.1) is 11.7 Å². The molecule has 0 amide bonds. The topological polar surface area (TPSA) is 110 Å². The summed E-state index contributed by atoms with van der Waals surface area (Å²) < 4.78 is 20.8. The van der Waals surface area contributed by atoms with Crippen molar-refractivity contribution in [1.82, 2.24) is 24.9 Å². The molecule has 0 saturated carbocycles. The largest absolute Gasteiger partial charge is 0.438 e. The van der Waals surface area contributed by atoms with Gasteiger partial charge in [-0.3, -0.25) is 19.0 Å². The van der Waals surface area contributed by atoms with E-state index in [2.05, 4.69) is 24.7 Å². The van der Waals surface area contributed by atoms with Gasteiger partial charge in [-0.15, -0.1) is 0 Å². The van der Waals surface area contributed by atoms with E-state index in [1.807, 2.05) is 26.8 Å². The van der Waals surface area contributed by atoms with E-state index in [1.54, 1.807) is 16.8 Å². The second-order valence-electron chi connectivity index (χ2n) is 7.60. The molecule has 4 aromatic rings. The lowest BCUT2D eigenvalue weighted by molar-refractivity contribution is 0.376. The zero-order chi connectivity index (χ0) is 21.4. The number of hydrogen-bond acceptors (Lipinski definition) is 5. The van der Waals surface area contributed by atoms with Crippen LogP contribution in [0.15, 0.2) is 44.6 Å². The molecule has 1 aromatic carbocycles. The molecule has 2 N–H and O–H groups in total. The third kappa shape index (κ3) is 3.58. The first-order valence-corrected chi connectivity index (χ1v) is 9.81. The molecule has 0 aliphatic carbocycles. The number of rotatable bonds is 6. The van der Waals surface area contributed by atoms with Crippen molar-refractivity contribution in [2.75, 3.05) is 0 Å². The minimum atomic E-state index is -0.625. The van der Waals surface area contributed by atoms with Gasteiger partial charge >= 0.3 is 5.76 Å². The third-order valence-corrected chi connectivity index (χ3v) is 5.37. The first-order chi connectivity index (χ1) is 14.4. The number of H-pyrrole nitrogens is 2. The molecule has 0 bridgehead atoms. The fourth-order valence-corrected chi connectivity index (χ4v) is 3.75. The highest BCUT2D eigenvalue weighted by Crippen LogP contribution is 2.28. The average Bonchev–Trinajstić information content (AvgIpc) is 3.32. The number of hydrogen-bond donors (Lipinski definition) is 2. The van der Waals surface area contributed by atoms with Gasteiger partial charge in [0.2, 0.25) is 0 Å². The molecule has 0 radical (unpaired) electrons. The van der Waals surface area contributed by atoms with Crippen molar-refractivity contribution in [3.05, 3.63) is 68.6 Å². The van der Waals surface area contributed by atoms with E-state index in [0.29, 0.717) is 46.5 Å². The van der Waals surface area contributed by atoms with E-state index in [0.717, 1.165) is 0 Å². The summed E-state index contributed by atoms with van der Waals surface area (Å²) in [5.74, 6) is -0.681. The minimum Gasteiger partial charge on any atom is -0.322 e. The van der Waals surface area contributed by atoms with Crippen LogP contribution in [0.3, 0.4) is 0 Å². The van der Waals surface area contributed by atoms with Crippen molar-refractivity contribution >= 4 is 10.9 Å². The molecule has 9 heteroatoms. The van der Waals surface area contributed by atoms with Gasteiger partial charge in [-0.05, 0) is 37.0 Å². The summed E-state index contributed by atoms with van der Waals surface area (Å²) in [5.41, 5.74) is 2.07. The van der Waals surface area contributed by atoms with Crippen molar-refractivity contribution in [2.45, 2.75) is 39.7 Å². The van der Waals surface area contributed by atoms with Gasteiger partial charge in [-0.2, -0.15) is 5.10 Å². The van der Waals surface area contributed by atoms with Crippen molar-refractivity contribution in [1.29, 1.82) is 0 Å². The van der Waals surface area contributed by atoms with Crippen LogP contribution in [0.25, 0.3) is 22.2 Å². The highest BCUT2D eigenvalue weighted by Gasteiger charge is 2.22. The Balaban J connectivity index is 1.73. The Morgan fingerprint density at radius 2 is 2.00 bits per heavy atom. The second kappa shape index (κ2) is 7.74. The predicted octanol–water partition coefficient (Wildman–Crippen LogP) is 3.21. The number of benzene rings is 1. The molecular formula is C21H22FN5O3. The Kier molecular flexibility index (Phi) is 5.11. The highest BCUT2D eigenvalue weighted by atomic mass is 19.1. The van der Waals surface area contributed by atoms with Gasteiger partial charge in [-0.25, -0.2) is 9.18 Å². The molecule has 0 aliphatic heterocycles. The first kappa shape index (κ1) is 19.8. The summed E-state index contributed by atoms with van der Waals surface area (Å²) in [6, 6.07) is 6.73. The van der Waals surface area contributed by atoms with E-state index in [9.17, 15) is 14.0 Å². The molecule has 3 aromatic heterocycles. The number of nitrogens with zero attached hydrogens (tertiary/aromatic N) is 3. The van der Waals surface area contributed by atoms with Crippen LogP contribution in [0.2, 0.25) is 0 Å². The van der Waals surface area contributed by atoms with Crippen LogP contribution in [-0.4, -0.2) is 24.9 Å². The van der Waals surface area contributed by atoms with Crippen molar-refractivity contribution in [3.63, 3.8) is 0 Å². The van der Waals surface area contributed by atoms with Crippen LogP contribution in [0.1, 0.15) is 38.1 Å². The average molecular weight is 411 g/mol. The lowest BCUT2D eigenvalue weighted by atomic mass is 9.86. The molecule has 0 spiro atoms. The Labute approximate surface area is 170 Å². The summed E-state index contributed by atoms with van der Waals surface area (Å²) in [6.45, 7) is 6.53. The quantitative estimate of drug-likeness (QED) is 0.506. The van der Waals surface area contributed by atoms with Crippen LogP contribution in [0.5, 0.6) is 0 Å². The molecule has 8 nitrogen and oxygen atoms in total. The van der Waals surface area contributed by atoms with Gasteiger partial charge in [0, 0.05) is 29.8 Å². The summed E-state index contributed by atoms with van der Waals surface area (Å²) in [5, 5.41) is 8.34. The zero-order valence-electron chi connectivity index (χ0n) is 16.9. The molecule has 156 valence electrons. The Hall–Kier alpha value is -3.49. The van der Waals surface area contributed by atoms with E-state index in [4.69, 9.17) is 0 Å². The molecule has 0 saturated heterocycles. The van der Waals surface area contributed by atoms with Crippen molar-refractivity contribution in [3.8, 4) is 11.3 Å². The van der Waals surface area contributed by atoms with Crippen molar-refractivity contribution in [2.24, 2.45) is 5.92 Å². The van der Waals surface area contributed by atoms with Crippen LogP contribution in [0.4, 0.5) is 4.39 Å². The van der Waals surface area contributed by atoms with Gasteiger partial charge < -0.3 is 4.98 Å². The van der Waals surface area contributed by atoms with Gasteiger partial charge in [0.25, 0.3) is 5.56 Å². The first-order valence-electron chi connectivity index (χ1n) is 9.81. The van der Waals surface area contributed by atoms with E-state index >= 15 is 0 Å². The molecule has 3 heterocycles. The molecule has 0 aliphatic rings. The van der Waals surface area contributed by atoms with E-state index < -0.39 is 5.76 Å². The normalized spacial score (nSPS) is 12.7. The lowest BCUT2D eigenvalue weighted by Gasteiger charge is -2.19. The van der Waals surface area contributed by atoms with Crippen LogP contribution < -0.4 is 11.3 Å². The maximum absolute atomic E-state index is 14.6. The Morgan fingerprint density at radius 1 is 1.20 bits per heavy atom. The number of aryl methyl sites for hydroxylation is 1. The third-order valence-electron chi connectivity index (χ3n) is 5.37. The zero-order valence-corrected chi connectivity index (χ0v) is 16.9. The van der Waals surface area contributed by atoms with Gasteiger partial charge in [0.15, 0.2) is 5.82 Å². The predicted molar refractivity (Wildman–Crippen MR) is 110 cm³/mol. The number of halogens is 1. The second-order valence-corrected chi connectivity index (χ2v) is 7.60. The molecule has 0 fully saturated rings. The van der Waals surface area contributed by atoms with E-state index in [1.165, 1.54) is 12.3 Å². The lowest BCUT2D eigenvalue weighted by Crippen LogP contribution is -2.22. The SMILES string of the molecule is CCn1ncc2c(F)cc(-c3ccc(C(Cc4noc(=O)[nH]4)C(C)C)c(=O)[nH]3)cc21. The smallest absolute Gasteiger partial charge is 0.322 e. The van der Waals surface area contributed by atoms with E-state index in [-0.39, 0.29) is 23.2 Å². The highest BCUT2D eigenvalue weighted by molar-refractivity contribution is 5.84. The van der Waals surface area contributed by atoms with Gasteiger partial charge in [-0.1, -0.05) is 25.1 Å². The molecule has 30 heavy (non-hydrogen) atoms. The molecule has 1 atom stereocenters. The Morgan fingerprint density at radius 3 is 2.63 bits per heavy atom. The Bertz CT molecular complexity index is 1310. The molecular weight excluding hydrogens is 389 g/mol. The standard InChI is InChI=1S/C21H22FN5O3/c1-4-27-18-8-12(7-16(22)15(18)10-23-27)17-6-5-13(20(28)24-17)14(11(2)3)9-19-25-21(29)30-26-19/h5-8,10-11,14H,4,9H2,1-3H3,(H,24,28)(H,25,26,29). The van der Waals surface area contributed by atoms with Gasteiger partial charge in [0.1, 0.15) is 5.82 Å². The fourth-order valence-electron chi connectivity index (χ4n) is 3.75. The van der Waals surface area contributed by atoms with Crippen molar-refractivity contribution < 1.29 is 8.91 Å². The number of pyridine rings is 1. The monoisotopic (exact) mass is 411 g/mol. The summed E-state index contributed by atoms with van der Waals surface area (Å²) in [7, 11) is 0. The number of fused-ring (bicyclic) bond motifs is 1. The summed E-state index contributed by atoms with van der Waals surface area (Å²) in [6.07, 6.45) is 1.87. The minimum absolute atomic E-state index is 0.116. The maximum Gasteiger partial charge on any atom is 0.438 e. The molecule has 1 unspecified atom stereocenters. The number of nitrogens with one attached hydrogen (secondary N) is 2. The molecule has 4 rings (SSSR count). The number of aromatic nitrogens is 5. The number of aromatic amines is 2.